The number of ether oxygens (including phenoxy) is 2. The summed E-state index contributed by atoms with van der Waals surface area (Å²) in [5.41, 5.74) is 1.25. The van der Waals surface area contributed by atoms with E-state index in [0.717, 1.165) is 25.1 Å². The monoisotopic (exact) mass is 320 g/mol. The molecule has 2 rings (SSSR count). The highest BCUT2D eigenvalue weighted by molar-refractivity contribution is 5.78. The van der Waals surface area contributed by atoms with Crippen LogP contribution in [0.15, 0.2) is 24.3 Å². The predicted molar refractivity (Wildman–Crippen MR) is 90.6 cm³/mol. The van der Waals surface area contributed by atoms with Gasteiger partial charge in [0.15, 0.2) is 0 Å². The van der Waals surface area contributed by atoms with Crippen LogP contribution in [-0.4, -0.2) is 50.3 Å². The Morgan fingerprint density at radius 3 is 2.78 bits per heavy atom. The number of carbonyl (C=O) groups is 1. The Kier molecular flexibility index (Phi) is 6.86. The summed E-state index contributed by atoms with van der Waals surface area (Å²) in [7, 11) is 1.64. The Bertz CT molecular complexity index is 490. The molecule has 2 atom stereocenters. The Morgan fingerprint density at radius 1 is 1.39 bits per heavy atom. The number of nitrogens with one attached hydrogen (secondary N) is 1. The van der Waals surface area contributed by atoms with E-state index in [2.05, 4.69) is 22.3 Å². The van der Waals surface area contributed by atoms with Crippen molar-refractivity contribution in [3.63, 3.8) is 0 Å². The molecule has 1 saturated heterocycles. The summed E-state index contributed by atoms with van der Waals surface area (Å²) < 4.78 is 10.5. The normalized spacial score (nSPS) is 19.5. The molecule has 23 heavy (non-hydrogen) atoms. The second kappa shape index (κ2) is 8.89. The number of nitrogens with zero attached hydrogens (tertiary/aromatic N) is 1. The molecule has 1 N–H and O–H groups in total. The van der Waals surface area contributed by atoms with E-state index in [9.17, 15) is 4.79 Å². The van der Waals surface area contributed by atoms with Crippen molar-refractivity contribution in [3.8, 4) is 5.75 Å². The zero-order valence-electron chi connectivity index (χ0n) is 14.4. The summed E-state index contributed by atoms with van der Waals surface area (Å²) in [4.78, 5) is 14.4. The van der Waals surface area contributed by atoms with Gasteiger partial charge in [0.1, 0.15) is 5.75 Å². The topological polar surface area (TPSA) is 50.8 Å². The van der Waals surface area contributed by atoms with Gasteiger partial charge in [0, 0.05) is 19.2 Å². The Labute approximate surface area is 139 Å². The molecule has 0 bridgehead atoms. The highest BCUT2D eigenvalue weighted by atomic mass is 16.5. The van der Waals surface area contributed by atoms with Gasteiger partial charge in [-0.3, -0.25) is 9.69 Å². The second-order valence-corrected chi connectivity index (χ2v) is 6.05. The minimum atomic E-state index is 0.0408. The zero-order chi connectivity index (χ0) is 16.7. The van der Waals surface area contributed by atoms with Crippen LogP contribution in [0.1, 0.15) is 38.3 Å². The number of hydrogen-bond donors (Lipinski definition) is 1. The summed E-state index contributed by atoms with van der Waals surface area (Å²) in [6.45, 7) is 6.55. The van der Waals surface area contributed by atoms with Gasteiger partial charge in [-0.15, -0.1) is 0 Å². The van der Waals surface area contributed by atoms with Crippen LogP contribution in [0.25, 0.3) is 0 Å². The molecule has 1 aromatic rings. The third-order valence-electron chi connectivity index (χ3n) is 4.11. The van der Waals surface area contributed by atoms with Crippen LogP contribution in [0, 0.1) is 0 Å². The summed E-state index contributed by atoms with van der Waals surface area (Å²) in [5, 5.41) is 2.98. The molecule has 1 heterocycles. The number of methoxy groups -OCH3 is 1. The van der Waals surface area contributed by atoms with E-state index in [0.29, 0.717) is 25.8 Å². The number of likely N-dealkylation sites (tertiary alicyclic amines) is 1. The van der Waals surface area contributed by atoms with Crippen LogP contribution in [0.5, 0.6) is 5.75 Å². The molecule has 1 amide bonds. The Balaban J connectivity index is 1.93. The Morgan fingerprint density at radius 2 is 2.13 bits per heavy atom. The van der Waals surface area contributed by atoms with Crippen LogP contribution in [-0.2, 0) is 9.53 Å². The SMILES string of the molecule is CCOc1ccc([C@@H]2CCCN2CC(=O)N[C@@H](C)COC)cc1. The molecule has 1 aliphatic heterocycles. The van der Waals surface area contributed by atoms with Crippen LogP contribution in [0.3, 0.4) is 0 Å². The number of benzene rings is 1. The maximum Gasteiger partial charge on any atom is 0.234 e. The Hall–Kier alpha value is -1.59. The van der Waals surface area contributed by atoms with Crippen molar-refractivity contribution in [1.82, 2.24) is 10.2 Å². The lowest BCUT2D eigenvalue weighted by atomic mass is 10.0. The first kappa shape index (κ1) is 17.8. The van der Waals surface area contributed by atoms with Gasteiger partial charge in [-0.05, 0) is 50.9 Å². The average Bonchev–Trinajstić information content (AvgIpc) is 2.96. The molecule has 0 aliphatic carbocycles. The molecule has 1 aromatic carbocycles. The fraction of sp³-hybridized carbons (Fsp3) is 0.611. The molecule has 0 saturated carbocycles. The number of amides is 1. The lowest BCUT2D eigenvalue weighted by Crippen LogP contribution is -2.42. The molecule has 0 unspecified atom stereocenters. The molecule has 0 aromatic heterocycles. The summed E-state index contributed by atoms with van der Waals surface area (Å²) in [6.07, 6.45) is 2.22. The van der Waals surface area contributed by atoms with Crippen molar-refractivity contribution >= 4 is 5.91 Å². The molecular formula is C18H28N2O3. The standard InChI is InChI=1S/C18H28N2O3/c1-4-23-16-9-7-15(8-10-16)17-6-5-11-20(17)12-18(21)19-14(2)13-22-3/h7-10,14,17H,4-6,11-13H2,1-3H3,(H,19,21)/t14-,17-/m0/s1. The third-order valence-corrected chi connectivity index (χ3v) is 4.11. The zero-order valence-corrected chi connectivity index (χ0v) is 14.4. The first-order valence-corrected chi connectivity index (χ1v) is 8.39. The summed E-state index contributed by atoms with van der Waals surface area (Å²) in [6, 6.07) is 8.60. The van der Waals surface area contributed by atoms with Crippen molar-refractivity contribution in [1.29, 1.82) is 0 Å². The minimum Gasteiger partial charge on any atom is -0.494 e. The van der Waals surface area contributed by atoms with Gasteiger partial charge in [0.25, 0.3) is 0 Å². The molecule has 0 radical (unpaired) electrons. The maximum atomic E-state index is 12.2. The molecular weight excluding hydrogens is 292 g/mol. The molecule has 0 spiro atoms. The van der Waals surface area contributed by atoms with E-state index in [1.54, 1.807) is 7.11 Å². The number of carbonyl (C=O) groups excluding carboxylic acids is 1. The van der Waals surface area contributed by atoms with Gasteiger partial charge in [-0.1, -0.05) is 12.1 Å². The van der Waals surface area contributed by atoms with E-state index in [4.69, 9.17) is 9.47 Å². The first-order valence-electron chi connectivity index (χ1n) is 8.39. The molecule has 128 valence electrons. The van der Waals surface area contributed by atoms with Crippen molar-refractivity contribution < 1.29 is 14.3 Å². The smallest absolute Gasteiger partial charge is 0.234 e. The quantitative estimate of drug-likeness (QED) is 0.799. The van der Waals surface area contributed by atoms with Crippen molar-refractivity contribution in [2.24, 2.45) is 0 Å². The average molecular weight is 320 g/mol. The van der Waals surface area contributed by atoms with Crippen LogP contribution in [0.2, 0.25) is 0 Å². The third kappa shape index (κ3) is 5.22. The van der Waals surface area contributed by atoms with Crippen molar-refractivity contribution in [3.05, 3.63) is 29.8 Å². The fourth-order valence-corrected chi connectivity index (χ4v) is 3.14. The lowest BCUT2D eigenvalue weighted by Gasteiger charge is -2.25. The van der Waals surface area contributed by atoms with Crippen molar-refractivity contribution in [2.75, 3.05) is 33.4 Å². The van der Waals surface area contributed by atoms with Gasteiger partial charge in [-0.25, -0.2) is 0 Å². The highest BCUT2D eigenvalue weighted by Gasteiger charge is 2.27. The van der Waals surface area contributed by atoms with Gasteiger partial charge in [-0.2, -0.15) is 0 Å². The van der Waals surface area contributed by atoms with Crippen LogP contribution in [0.4, 0.5) is 0 Å². The van der Waals surface area contributed by atoms with Crippen LogP contribution >= 0.6 is 0 Å². The van der Waals surface area contributed by atoms with Crippen molar-refractivity contribution in [2.45, 2.75) is 38.8 Å². The van der Waals surface area contributed by atoms with E-state index in [-0.39, 0.29) is 11.9 Å². The maximum absolute atomic E-state index is 12.2. The van der Waals surface area contributed by atoms with Crippen LogP contribution < -0.4 is 10.1 Å². The van der Waals surface area contributed by atoms with Gasteiger partial charge >= 0.3 is 0 Å². The van der Waals surface area contributed by atoms with E-state index < -0.39 is 0 Å². The van der Waals surface area contributed by atoms with E-state index in [1.807, 2.05) is 26.0 Å². The van der Waals surface area contributed by atoms with E-state index in [1.165, 1.54) is 5.56 Å². The molecule has 5 heteroatoms. The largest absolute Gasteiger partial charge is 0.494 e. The molecule has 5 nitrogen and oxygen atoms in total. The number of rotatable bonds is 8. The summed E-state index contributed by atoms with van der Waals surface area (Å²) >= 11 is 0. The predicted octanol–water partition coefficient (Wildman–Crippen LogP) is 2.37. The van der Waals surface area contributed by atoms with Gasteiger partial charge < -0.3 is 14.8 Å². The number of hydrogen-bond acceptors (Lipinski definition) is 4. The van der Waals surface area contributed by atoms with E-state index >= 15 is 0 Å². The van der Waals surface area contributed by atoms with Gasteiger partial charge in [0.05, 0.1) is 19.8 Å². The minimum absolute atomic E-state index is 0.0408. The lowest BCUT2D eigenvalue weighted by molar-refractivity contribution is -0.123. The second-order valence-electron chi connectivity index (χ2n) is 6.05. The first-order chi connectivity index (χ1) is 11.1. The highest BCUT2D eigenvalue weighted by Crippen LogP contribution is 2.32. The fourth-order valence-electron chi connectivity index (χ4n) is 3.14. The molecule has 1 aliphatic rings. The van der Waals surface area contributed by atoms with Gasteiger partial charge in [0.2, 0.25) is 5.91 Å². The summed E-state index contributed by atoms with van der Waals surface area (Å²) in [5.74, 6) is 0.958. The molecule has 1 fully saturated rings.